The lowest BCUT2D eigenvalue weighted by Gasteiger charge is -2.43. The molecule has 1 saturated carbocycles. The summed E-state index contributed by atoms with van der Waals surface area (Å²) in [5.41, 5.74) is 9.31. The number of rotatable bonds is 8. The summed E-state index contributed by atoms with van der Waals surface area (Å²) < 4.78 is 2.67. The van der Waals surface area contributed by atoms with Gasteiger partial charge in [0.15, 0.2) is 11.7 Å². The Morgan fingerprint density at radius 1 is 0.943 bits per heavy atom. The van der Waals surface area contributed by atoms with E-state index in [1.807, 2.05) is 0 Å². The van der Waals surface area contributed by atoms with E-state index >= 15 is 0 Å². The van der Waals surface area contributed by atoms with Gasteiger partial charge in [0, 0.05) is 36.8 Å². The van der Waals surface area contributed by atoms with Gasteiger partial charge in [-0.1, -0.05) is 82.0 Å². The van der Waals surface area contributed by atoms with Gasteiger partial charge in [0.1, 0.15) is 0 Å². The van der Waals surface area contributed by atoms with E-state index in [4.69, 9.17) is 0 Å². The van der Waals surface area contributed by atoms with Crippen LogP contribution in [-0.4, -0.2) is 0 Å². The molecule has 2 heterocycles. The molecule has 2 unspecified atom stereocenters. The molecule has 184 valence electrons. The van der Waals surface area contributed by atoms with Gasteiger partial charge in [-0.2, -0.15) is 4.57 Å². The summed E-state index contributed by atoms with van der Waals surface area (Å²) in [7, 11) is 0. The lowest BCUT2D eigenvalue weighted by molar-refractivity contribution is -0.760. The zero-order valence-corrected chi connectivity index (χ0v) is 22.3. The van der Waals surface area contributed by atoms with E-state index in [0.717, 1.165) is 6.42 Å². The number of allylic oxidation sites excluding steroid dienone is 6. The largest absolute Gasteiger partial charge is 0.213 e. The van der Waals surface area contributed by atoms with Crippen molar-refractivity contribution < 1.29 is 4.57 Å². The van der Waals surface area contributed by atoms with Crippen LogP contribution in [0.1, 0.15) is 109 Å². The molecule has 0 amide bonds. The molecule has 0 saturated heterocycles. The predicted molar refractivity (Wildman–Crippen MR) is 149 cm³/mol. The summed E-state index contributed by atoms with van der Waals surface area (Å²) >= 11 is 0. The lowest BCUT2D eigenvalue weighted by atomic mass is 9.61. The van der Waals surface area contributed by atoms with E-state index < -0.39 is 0 Å². The minimum atomic E-state index is 0.238. The van der Waals surface area contributed by atoms with Crippen molar-refractivity contribution in [3.63, 3.8) is 0 Å². The smallest absolute Gasteiger partial charge is 0.193 e. The molecule has 1 fully saturated rings. The van der Waals surface area contributed by atoms with Crippen LogP contribution in [0.3, 0.4) is 0 Å². The maximum Gasteiger partial charge on any atom is 0.213 e. The first-order chi connectivity index (χ1) is 17.1. The van der Waals surface area contributed by atoms with Gasteiger partial charge < -0.3 is 0 Å². The summed E-state index contributed by atoms with van der Waals surface area (Å²) in [5.74, 6) is 0. The zero-order valence-electron chi connectivity index (χ0n) is 22.3. The molecule has 1 aromatic carbocycles. The number of fused-ring (bicyclic) bond motifs is 7. The Labute approximate surface area is 213 Å². The number of benzene rings is 1. The van der Waals surface area contributed by atoms with Gasteiger partial charge in [-0.15, -0.1) is 0 Å². The highest BCUT2D eigenvalue weighted by molar-refractivity contribution is 5.79. The van der Waals surface area contributed by atoms with Gasteiger partial charge >= 0.3 is 0 Å². The molecule has 0 spiro atoms. The van der Waals surface area contributed by atoms with E-state index in [2.05, 4.69) is 92.2 Å². The Kier molecular flexibility index (Phi) is 7.14. The maximum atomic E-state index is 2.67. The molecule has 1 nitrogen and oxygen atoms in total. The Bertz CT molecular complexity index is 1150. The number of nitrogens with zero attached hydrogens (tertiary/aromatic N) is 1. The van der Waals surface area contributed by atoms with Crippen LogP contribution in [0.25, 0.3) is 16.8 Å². The van der Waals surface area contributed by atoms with Crippen LogP contribution in [0.2, 0.25) is 0 Å². The standard InChI is InChI=1S/C34H44N/c1-4-7-8-9-14-27-15-12-16-28(19-18-27)29-20-21-31-30(25-29)32-17-10-11-24-35(32)34(6-3)23-13-22-33(31,5-2)26-34/h10-12,15-17,19-21,24-25H,4-9,13-14,18,22-23,26H2,1-3H3/q+1. The molecule has 5 rings (SSSR count). The second-order valence-corrected chi connectivity index (χ2v) is 11.3. The molecule has 0 radical (unpaired) electrons. The van der Waals surface area contributed by atoms with Gasteiger partial charge in [-0.25, -0.2) is 0 Å². The number of aromatic nitrogens is 1. The van der Waals surface area contributed by atoms with Gasteiger partial charge in [0.05, 0.1) is 5.56 Å². The average molecular weight is 467 g/mol. The molecule has 2 aromatic rings. The van der Waals surface area contributed by atoms with Crippen LogP contribution in [0, 0.1) is 0 Å². The second-order valence-electron chi connectivity index (χ2n) is 11.3. The Balaban J connectivity index is 1.53. The second kappa shape index (κ2) is 10.3. The van der Waals surface area contributed by atoms with Crippen molar-refractivity contribution in [1.29, 1.82) is 0 Å². The van der Waals surface area contributed by atoms with E-state index in [1.54, 1.807) is 11.1 Å². The molecule has 2 aliphatic carbocycles. The van der Waals surface area contributed by atoms with Crippen molar-refractivity contribution in [2.75, 3.05) is 0 Å². The predicted octanol–water partition coefficient (Wildman–Crippen LogP) is 9.22. The third-order valence-electron chi connectivity index (χ3n) is 9.41. The fourth-order valence-electron chi connectivity index (χ4n) is 7.28. The fourth-order valence-corrected chi connectivity index (χ4v) is 7.28. The molecule has 1 aliphatic heterocycles. The van der Waals surface area contributed by atoms with Crippen LogP contribution >= 0.6 is 0 Å². The average Bonchev–Trinajstić information content (AvgIpc) is 3.19. The van der Waals surface area contributed by atoms with E-state index in [9.17, 15) is 0 Å². The SMILES string of the molecule is CCCCCCC1=CC=CC(c2ccc3c(c2)-c2cccc[n+]2C2(CC)CCCC3(CC)C2)=CC1. The summed E-state index contributed by atoms with van der Waals surface area (Å²) in [6, 6.07) is 14.3. The number of unbranched alkanes of at least 4 members (excludes halogenated alkanes) is 3. The first kappa shape index (κ1) is 24.3. The highest BCUT2D eigenvalue weighted by Crippen LogP contribution is 2.53. The normalized spacial score (nSPS) is 25.1. The number of hydrogen-bond acceptors (Lipinski definition) is 0. The van der Waals surface area contributed by atoms with E-state index in [0.29, 0.717) is 0 Å². The summed E-state index contributed by atoms with van der Waals surface area (Å²) in [5, 5.41) is 0. The van der Waals surface area contributed by atoms with Crippen molar-refractivity contribution in [2.45, 2.75) is 109 Å². The van der Waals surface area contributed by atoms with Crippen LogP contribution in [-0.2, 0) is 11.0 Å². The van der Waals surface area contributed by atoms with Crippen molar-refractivity contribution >= 4 is 5.57 Å². The Morgan fingerprint density at radius 3 is 2.69 bits per heavy atom. The Morgan fingerprint density at radius 2 is 1.86 bits per heavy atom. The maximum absolute atomic E-state index is 2.67. The highest BCUT2D eigenvalue weighted by atomic mass is 15.1. The molecular weight excluding hydrogens is 422 g/mol. The molecule has 1 aromatic heterocycles. The highest BCUT2D eigenvalue weighted by Gasteiger charge is 2.53. The Hall–Kier alpha value is -2.41. The molecule has 2 bridgehead atoms. The third-order valence-corrected chi connectivity index (χ3v) is 9.41. The van der Waals surface area contributed by atoms with Crippen molar-refractivity contribution in [3.05, 3.63) is 83.6 Å². The van der Waals surface area contributed by atoms with Crippen LogP contribution in [0.4, 0.5) is 0 Å². The number of pyridine rings is 1. The molecule has 1 heteroatoms. The van der Waals surface area contributed by atoms with Crippen LogP contribution in [0.5, 0.6) is 0 Å². The van der Waals surface area contributed by atoms with E-state index in [1.165, 1.54) is 93.0 Å². The molecular formula is C34H44N+. The van der Waals surface area contributed by atoms with Gasteiger partial charge in [0.25, 0.3) is 0 Å². The minimum Gasteiger partial charge on any atom is -0.193 e. The lowest BCUT2D eigenvalue weighted by Crippen LogP contribution is -2.60. The van der Waals surface area contributed by atoms with Crippen molar-refractivity contribution in [3.8, 4) is 11.3 Å². The quantitative estimate of drug-likeness (QED) is 0.270. The summed E-state index contributed by atoms with van der Waals surface area (Å²) in [6.07, 6.45) is 27.1. The van der Waals surface area contributed by atoms with Gasteiger partial charge in [-0.3, -0.25) is 0 Å². The topological polar surface area (TPSA) is 3.88 Å². The first-order valence-electron chi connectivity index (χ1n) is 14.4. The zero-order chi connectivity index (χ0) is 24.3. The van der Waals surface area contributed by atoms with Crippen LogP contribution in [0.15, 0.2) is 72.5 Å². The van der Waals surface area contributed by atoms with Crippen LogP contribution < -0.4 is 4.57 Å². The fraction of sp³-hybridized carbons (Fsp3) is 0.500. The summed E-state index contributed by atoms with van der Waals surface area (Å²) in [4.78, 5) is 0. The third kappa shape index (κ3) is 4.48. The first-order valence-corrected chi connectivity index (χ1v) is 14.4. The van der Waals surface area contributed by atoms with Gasteiger partial charge in [-0.05, 0) is 67.4 Å². The number of hydrogen-bond donors (Lipinski definition) is 0. The molecule has 35 heavy (non-hydrogen) atoms. The van der Waals surface area contributed by atoms with E-state index in [-0.39, 0.29) is 11.0 Å². The van der Waals surface area contributed by atoms with Gasteiger partial charge in [0.2, 0.25) is 5.69 Å². The minimum absolute atomic E-state index is 0.238. The van der Waals surface area contributed by atoms with Crippen molar-refractivity contribution in [1.82, 2.24) is 0 Å². The van der Waals surface area contributed by atoms with Crippen molar-refractivity contribution in [2.24, 2.45) is 0 Å². The summed E-state index contributed by atoms with van der Waals surface area (Å²) in [6.45, 7) is 7.12. The monoisotopic (exact) mass is 466 g/mol. The molecule has 3 aliphatic rings. The molecule has 2 atom stereocenters. The molecule has 0 N–H and O–H groups in total.